The second-order valence-electron chi connectivity index (χ2n) is 4.58. The van der Waals surface area contributed by atoms with Crippen LogP contribution in [0.5, 0.6) is 0 Å². The quantitative estimate of drug-likeness (QED) is 0.847. The maximum absolute atomic E-state index is 12.4. The number of carbonyl (C=O) groups is 1. The van der Waals surface area contributed by atoms with Gasteiger partial charge in [0.25, 0.3) is 5.91 Å². The number of nitrogens with two attached hydrogens (primary N) is 1. The van der Waals surface area contributed by atoms with Crippen LogP contribution in [-0.4, -0.2) is 33.9 Å². The summed E-state index contributed by atoms with van der Waals surface area (Å²) in [7, 11) is 0. The van der Waals surface area contributed by atoms with Crippen LogP contribution in [0.4, 0.5) is 13.2 Å². The van der Waals surface area contributed by atoms with Crippen LogP contribution in [-0.2, 0) is 6.18 Å². The zero-order valence-corrected chi connectivity index (χ0v) is 12.5. The van der Waals surface area contributed by atoms with Gasteiger partial charge in [0, 0.05) is 25.2 Å². The van der Waals surface area contributed by atoms with Crippen LogP contribution in [0.3, 0.4) is 0 Å². The molecule has 4 nitrogen and oxygen atoms in total. The lowest BCUT2D eigenvalue weighted by molar-refractivity contribution is -0.137. The van der Waals surface area contributed by atoms with Crippen LogP contribution in [0.2, 0.25) is 0 Å². The summed E-state index contributed by atoms with van der Waals surface area (Å²) in [6.07, 6.45) is -3.82. The molecule has 2 N–H and O–H groups in total. The van der Waals surface area contributed by atoms with Crippen molar-refractivity contribution in [1.82, 2.24) is 9.88 Å². The van der Waals surface area contributed by atoms with E-state index in [2.05, 4.69) is 4.98 Å². The molecule has 0 spiro atoms. The Hall–Kier alpha value is -1.70. The molecule has 21 heavy (non-hydrogen) atoms. The monoisotopic (exact) mass is 319 g/mol. The van der Waals surface area contributed by atoms with E-state index >= 15 is 0 Å². The Morgan fingerprint density at radius 1 is 1.48 bits per heavy atom. The van der Waals surface area contributed by atoms with E-state index in [1.165, 1.54) is 4.90 Å². The van der Waals surface area contributed by atoms with Crippen LogP contribution in [0, 0.1) is 5.92 Å². The van der Waals surface area contributed by atoms with Gasteiger partial charge in [0.15, 0.2) is 0 Å². The van der Waals surface area contributed by atoms with Crippen LogP contribution in [0.25, 0.3) is 0 Å². The predicted molar refractivity (Wildman–Crippen MR) is 76.8 cm³/mol. The van der Waals surface area contributed by atoms with Gasteiger partial charge in [-0.2, -0.15) is 13.2 Å². The third-order valence-electron chi connectivity index (χ3n) is 2.96. The Balaban J connectivity index is 2.88. The van der Waals surface area contributed by atoms with Gasteiger partial charge in [-0.15, -0.1) is 0 Å². The van der Waals surface area contributed by atoms with Gasteiger partial charge in [-0.3, -0.25) is 9.78 Å². The summed E-state index contributed by atoms with van der Waals surface area (Å²) in [5, 5.41) is 0. The lowest BCUT2D eigenvalue weighted by Gasteiger charge is -2.23. The molecule has 1 aromatic heterocycles. The Bertz CT molecular complexity index is 516. The van der Waals surface area contributed by atoms with Crippen LogP contribution >= 0.6 is 12.2 Å². The van der Waals surface area contributed by atoms with Crippen molar-refractivity contribution in [3.05, 3.63) is 29.6 Å². The number of aromatic nitrogens is 1. The number of amides is 1. The minimum atomic E-state index is -4.47. The molecule has 1 heterocycles. The van der Waals surface area contributed by atoms with Crippen LogP contribution < -0.4 is 5.73 Å². The van der Waals surface area contributed by atoms with Crippen molar-refractivity contribution in [1.29, 1.82) is 0 Å². The number of hydrogen-bond donors (Lipinski definition) is 1. The van der Waals surface area contributed by atoms with E-state index in [-0.39, 0.29) is 16.6 Å². The molecule has 0 saturated heterocycles. The first-order valence-electron chi connectivity index (χ1n) is 6.28. The highest BCUT2D eigenvalue weighted by Crippen LogP contribution is 2.28. The lowest BCUT2D eigenvalue weighted by atomic mass is 10.1. The standard InChI is InChI=1S/C13H16F3N3OS/c1-3-19(7-8(2)11(17)21)12(20)10-5-4-9(6-18-10)13(14,15)16/h4-6,8H,3,7H2,1-2H3,(H2,17,21). The predicted octanol–water partition coefficient (Wildman–Crippen LogP) is 2.48. The van der Waals surface area contributed by atoms with Crippen molar-refractivity contribution in [2.45, 2.75) is 20.0 Å². The maximum Gasteiger partial charge on any atom is 0.417 e. The van der Waals surface area contributed by atoms with Crippen molar-refractivity contribution >= 4 is 23.1 Å². The molecule has 0 aliphatic rings. The number of halogens is 3. The summed E-state index contributed by atoms with van der Waals surface area (Å²) in [6.45, 7) is 4.22. The van der Waals surface area contributed by atoms with Crippen LogP contribution in [0.15, 0.2) is 18.3 Å². The second kappa shape index (κ2) is 6.84. The van der Waals surface area contributed by atoms with E-state index in [1.807, 2.05) is 0 Å². The van der Waals surface area contributed by atoms with Crippen molar-refractivity contribution in [3.63, 3.8) is 0 Å². The molecule has 1 rings (SSSR count). The molecule has 0 aliphatic carbocycles. The topological polar surface area (TPSA) is 59.2 Å². The Morgan fingerprint density at radius 3 is 2.48 bits per heavy atom. The molecule has 1 atom stereocenters. The number of hydrogen-bond acceptors (Lipinski definition) is 3. The highest BCUT2D eigenvalue weighted by Gasteiger charge is 2.31. The van der Waals surface area contributed by atoms with Crippen molar-refractivity contribution < 1.29 is 18.0 Å². The van der Waals surface area contributed by atoms with Gasteiger partial charge in [0.05, 0.1) is 10.6 Å². The normalized spacial score (nSPS) is 12.8. The van der Waals surface area contributed by atoms with E-state index in [1.54, 1.807) is 13.8 Å². The van der Waals surface area contributed by atoms with E-state index in [0.29, 0.717) is 19.3 Å². The molecule has 0 radical (unpaired) electrons. The fourth-order valence-corrected chi connectivity index (χ4v) is 1.70. The number of alkyl halides is 3. The van der Waals surface area contributed by atoms with Gasteiger partial charge in [-0.05, 0) is 19.1 Å². The van der Waals surface area contributed by atoms with Gasteiger partial charge in [0.2, 0.25) is 0 Å². The molecule has 1 amide bonds. The van der Waals surface area contributed by atoms with Gasteiger partial charge < -0.3 is 10.6 Å². The summed E-state index contributed by atoms with van der Waals surface area (Å²) < 4.78 is 37.3. The molecule has 8 heteroatoms. The Kier molecular flexibility index (Phi) is 5.65. The summed E-state index contributed by atoms with van der Waals surface area (Å²) in [4.78, 5) is 17.5. The average Bonchev–Trinajstić information content (AvgIpc) is 2.42. The zero-order valence-electron chi connectivity index (χ0n) is 11.6. The number of nitrogens with zero attached hydrogens (tertiary/aromatic N) is 2. The Labute approximate surface area is 126 Å². The molecular weight excluding hydrogens is 303 g/mol. The van der Waals surface area contributed by atoms with Gasteiger partial charge >= 0.3 is 6.18 Å². The molecule has 0 aromatic carbocycles. The fraction of sp³-hybridized carbons (Fsp3) is 0.462. The van der Waals surface area contributed by atoms with E-state index in [0.717, 1.165) is 12.1 Å². The van der Waals surface area contributed by atoms with Crippen molar-refractivity contribution in [3.8, 4) is 0 Å². The van der Waals surface area contributed by atoms with E-state index in [4.69, 9.17) is 18.0 Å². The van der Waals surface area contributed by atoms with Crippen molar-refractivity contribution in [2.75, 3.05) is 13.1 Å². The van der Waals surface area contributed by atoms with Gasteiger partial charge in [-0.25, -0.2) is 0 Å². The van der Waals surface area contributed by atoms with Gasteiger partial charge in [-0.1, -0.05) is 19.1 Å². The summed E-state index contributed by atoms with van der Waals surface area (Å²) >= 11 is 4.84. The first-order chi connectivity index (χ1) is 9.66. The molecule has 0 saturated carbocycles. The minimum absolute atomic E-state index is 0.0417. The van der Waals surface area contributed by atoms with Gasteiger partial charge in [0.1, 0.15) is 5.69 Å². The summed E-state index contributed by atoms with van der Waals surface area (Å²) in [5.41, 5.74) is 4.57. The van der Waals surface area contributed by atoms with Crippen LogP contribution in [0.1, 0.15) is 29.9 Å². The molecule has 0 aliphatic heterocycles. The molecule has 0 bridgehead atoms. The zero-order chi connectivity index (χ0) is 16.2. The maximum atomic E-state index is 12.4. The SMILES string of the molecule is CCN(CC(C)C(N)=S)C(=O)c1ccc(C(F)(F)F)cn1. The largest absolute Gasteiger partial charge is 0.417 e. The van der Waals surface area contributed by atoms with E-state index < -0.39 is 17.6 Å². The number of rotatable bonds is 5. The number of carbonyl (C=O) groups excluding carboxylic acids is 1. The first kappa shape index (κ1) is 17.4. The Morgan fingerprint density at radius 2 is 2.10 bits per heavy atom. The minimum Gasteiger partial charge on any atom is -0.393 e. The molecule has 1 unspecified atom stereocenters. The summed E-state index contributed by atoms with van der Waals surface area (Å²) in [6, 6.07) is 1.91. The number of thiocarbonyl (C=S) groups is 1. The fourth-order valence-electron chi connectivity index (χ4n) is 1.63. The highest BCUT2D eigenvalue weighted by molar-refractivity contribution is 7.80. The third-order valence-corrected chi connectivity index (χ3v) is 3.36. The van der Waals surface area contributed by atoms with E-state index in [9.17, 15) is 18.0 Å². The van der Waals surface area contributed by atoms with Crippen molar-refractivity contribution in [2.24, 2.45) is 11.7 Å². The molecular formula is C13H16F3N3OS. The number of pyridine rings is 1. The second-order valence-corrected chi connectivity index (χ2v) is 5.05. The molecule has 116 valence electrons. The lowest BCUT2D eigenvalue weighted by Crippen LogP contribution is -2.38. The summed E-state index contributed by atoms with van der Waals surface area (Å²) in [5.74, 6) is -0.632. The molecule has 1 aromatic rings. The third kappa shape index (κ3) is 4.66. The first-order valence-corrected chi connectivity index (χ1v) is 6.69. The highest BCUT2D eigenvalue weighted by atomic mass is 32.1. The average molecular weight is 319 g/mol. The molecule has 0 fully saturated rings. The smallest absolute Gasteiger partial charge is 0.393 e.